The third-order valence-electron chi connectivity index (χ3n) is 3.20. The number of rotatable bonds is 7. The first-order valence-corrected chi connectivity index (χ1v) is 6.48. The van der Waals surface area contributed by atoms with Crippen LogP contribution in [0.4, 0.5) is 0 Å². The molecule has 5 heteroatoms. The van der Waals surface area contributed by atoms with Gasteiger partial charge in [0.15, 0.2) is 0 Å². The summed E-state index contributed by atoms with van der Waals surface area (Å²) in [6, 6.07) is -0.634. The molecule has 0 spiro atoms. The van der Waals surface area contributed by atoms with E-state index >= 15 is 0 Å². The average molecular weight is 254 g/mol. The van der Waals surface area contributed by atoms with Gasteiger partial charge in [0.25, 0.3) is 0 Å². The molecule has 1 aliphatic carbocycles. The van der Waals surface area contributed by atoms with Crippen molar-refractivity contribution in [3.63, 3.8) is 0 Å². The molecule has 0 radical (unpaired) electrons. The molecule has 1 rings (SSSR count). The van der Waals surface area contributed by atoms with Crippen molar-refractivity contribution >= 4 is 11.9 Å². The van der Waals surface area contributed by atoms with Crippen molar-refractivity contribution < 1.29 is 14.7 Å². The second-order valence-electron chi connectivity index (χ2n) is 4.60. The van der Waals surface area contributed by atoms with Crippen LogP contribution in [0.1, 0.15) is 39.0 Å². The van der Waals surface area contributed by atoms with E-state index in [-0.39, 0.29) is 12.5 Å². The van der Waals surface area contributed by atoms with Crippen LogP contribution in [-0.4, -0.2) is 41.5 Å². The Kier molecular flexibility index (Phi) is 5.85. The van der Waals surface area contributed by atoms with Gasteiger partial charge in [0, 0.05) is 12.7 Å². The molecule has 1 unspecified atom stereocenters. The third kappa shape index (κ3) is 4.14. The summed E-state index contributed by atoms with van der Waals surface area (Å²) in [5, 5.41) is 11.8. The smallest absolute Gasteiger partial charge is 0.320 e. The maximum Gasteiger partial charge on any atom is 0.320 e. The lowest BCUT2D eigenvalue weighted by atomic mass is 10.1. The summed E-state index contributed by atoms with van der Waals surface area (Å²) in [5.41, 5.74) is 1.05. The largest absolute Gasteiger partial charge is 0.480 e. The number of carbonyl (C=O) groups is 2. The minimum atomic E-state index is -0.896. The number of nitrogens with zero attached hydrogens (tertiary/aromatic N) is 1. The first-order valence-electron chi connectivity index (χ1n) is 6.48. The van der Waals surface area contributed by atoms with Crippen LogP contribution in [0, 0.1) is 0 Å². The van der Waals surface area contributed by atoms with Crippen LogP contribution in [0.3, 0.4) is 0 Å². The van der Waals surface area contributed by atoms with Gasteiger partial charge >= 0.3 is 5.97 Å². The lowest BCUT2D eigenvalue weighted by Gasteiger charge is -2.20. The summed E-state index contributed by atoms with van der Waals surface area (Å²) < 4.78 is 0. The van der Waals surface area contributed by atoms with E-state index in [1.807, 2.05) is 6.92 Å². The first kappa shape index (κ1) is 14.7. The summed E-state index contributed by atoms with van der Waals surface area (Å²) >= 11 is 0. The number of hydrogen-bond donors (Lipinski definition) is 2. The fraction of sp³-hybridized carbons (Fsp3) is 0.692. The molecule has 0 aromatic carbocycles. The number of nitrogens with one attached hydrogen (secondary N) is 1. The van der Waals surface area contributed by atoms with Gasteiger partial charge in [-0.15, -0.1) is 0 Å². The van der Waals surface area contributed by atoms with Crippen LogP contribution < -0.4 is 5.32 Å². The maximum atomic E-state index is 11.9. The van der Waals surface area contributed by atoms with Crippen molar-refractivity contribution in [2.75, 3.05) is 13.6 Å². The van der Waals surface area contributed by atoms with Gasteiger partial charge in [0.2, 0.25) is 5.91 Å². The third-order valence-corrected chi connectivity index (χ3v) is 3.20. The minimum absolute atomic E-state index is 0.0742. The van der Waals surface area contributed by atoms with E-state index in [1.165, 1.54) is 0 Å². The first-order chi connectivity index (χ1) is 8.56. The van der Waals surface area contributed by atoms with E-state index in [4.69, 9.17) is 5.11 Å². The molecule has 2 N–H and O–H groups in total. The highest BCUT2D eigenvalue weighted by molar-refractivity contribution is 5.81. The number of carbonyl (C=O) groups excluding carboxylic acids is 1. The van der Waals surface area contributed by atoms with Crippen molar-refractivity contribution in [3.05, 3.63) is 11.8 Å². The molecular weight excluding hydrogens is 232 g/mol. The van der Waals surface area contributed by atoms with Crippen molar-refractivity contribution in [2.24, 2.45) is 0 Å². The van der Waals surface area contributed by atoms with Gasteiger partial charge in [-0.25, -0.2) is 0 Å². The number of carboxylic acid groups (broad SMARTS) is 1. The van der Waals surface area contributed by atoms with Gasteiger partial charge in [-0.3, -0.25) is 14.9 Å². The number of likely N-dealkylation sites (N-methyl/N-ethyl adjacent to an activating group) is 1. The lowest BCUT2D eigenvalue weighted by Crippen LogP contribution is -2.43. The van der Waals surface area contributed by atoms with Crippen molar-refractivity contribution in [1.29, 1.82) is 0 Å². The fourth-order valence-corrected chi connectivity index (χ4v) is 2.05. The van der Waals surface area contributed by atoms with Crippen molar-refractivity contribution in [3.8, 4) is 0 Å². The lowest BCUT2D eigenvalue weighted by molar-refractivity contribution is -0.139. The molecule has 18 heavy (non-hydrogen) atoms. The van der Waals surface area contributed by atoms with Gasteiger partial charge in [-0.05, 0) is 25.7 Å². The topological polar surface area (TPSA) is 69.6 Å². The molecule has 0 saturated carbocycles. The van der Waals surface area contributed by atoms with Crippen LogP contribution in [0.15, 0.2) is 11.8 Å². The molecule has 0 bridgehead atoms. The van der Waals surface area contributed by atoms with E-state index in [2.05, 4.69) is 11.4 Å². The number of allylic oxidation sites excluding steroid dienone is 2. The Morgan fingerprint density at radius 2 is 2.28 bits per heavy atom. The molecule has 0 aromatic heterocycles. The highest BCUT2D eigenvalue weighted by atomic mass is 16.4. The highest BCUT2D eigenvalue weighted by Crippen LogP contribution is 2.19. The van der Waals surface area contributed by atoms with E-state index < -0.39 is 12.0 Å². The number of carboxylic acids is 1. The van der Waals surface area contributed by atoms with Crippen molar-refractivity contribution in [2.45, 2.75) is 45.1 Å². The SMILES string of the molecule is CCCC(NCC(=O)N(C)C1=CCCC1)C(=O)O. The van der Waals surface area contributed by atoms with E-state index in [1.54, 1.807) is 11.9 Å². The monoisotopic (exact) mass is 254 g/mol. The van der Waals surface area contributed by atoms with E-state index in [0.29, 0.717) is 6.42 Å². The summed E-state index contributed by atoms with van der Waals surface area (Å²) in [7, 11) is 1.75. The normalized spacial score (nSPS) is 16.2. The van der Waals surface area contributed by atoms with Crippen LogP contribution in [0.5, 0.6) is 0 Å². The van der Waals surface area contributed by atoms with E-state index in [0.717, 1.165) is 31.4 Å². The van der Waals surface area contributed by atoms with Gasteiger partial charge in [-0.2, -0.15) is 0 Å². The molecular formula is C13H22N2O3. The summed E-state index contributed by atoms with van der Waals surface area (Å²) in [4.78, 5) is 24.5. The van der Waals surface area contributed by atoms with Crippen LogP contribution >= 0.6 is 0 Å². The molecule has 5 nitrogen and oxygen atoms in total. The van der Waals surface area contributed by atoms with Crippen LogP contribution in [0.2, 0.25) is 0 Å². The molecule has 0 heterocycles. The maximum absolute atomic E-state index is 11.9. The predicted octanol–water partition coefficient (Wildman–Crippen LogP) is 1.36. The van der Waals surface area contributed by atoms with Crippen LogP contribution in [0.25, 0.3) is 0 Å². The second kappa shape index (κ2) is 7.16. The average Bonchev–Trinajstić information content (AvgIpc) is 2.86. The molecule has 0 aliphatic heterocycles. The Morgan fingerprint density at radius 1 is 1.56 bits per heavy atom. The predicted molar refractivity (Wildman–Crippen MR) is 69.0 cm³/mol. The van der Waals surface area contributed by atoms with Gasteiger partial charge in [0.05, 0.1) is 6.54 Å². The molecule has 0 aromatic rings. The molecule has 1 amide bonds. The zero-order chi connectivity index (χ0) is 13.5. The van der Waals surface area contributed by atoms with Gasteiger partial charge in [0.1, 0.15) is 6.04 Å². The Morgan fingerprint density at radius 3 is 2.78 bits per heavy atom. The molecule has 0 fully saturated rings. The quantitative estimate of drug-likeness (QED) is 0.719. The van der Waals surface area contributed by atoms with E-state index in [9.17, 15) is 9.59 Å². The van der Waals surface area contributed by atoms with Gasteiger partial charge < -0.3 is 10.0 Å². The Balaban J connectivity index is 2.41. The Hall–Kier alpha value is -1.36. The van der Waals surface area contributed by atoms with Crippen LogP contribution in [-0.2, 0) is 9.59 Å². The summed E-state index contributed by atoms with van der Waals surface area (Å²) in [6.07, 6.45) is 6.42. The van der Waals surface area contributed by atoms with Gasteiger partial charge in [-0.1, -0.05) is 19.4 Å². The number of aliphatic carboxylic acids is 1. The summed E-state index contributed by atoms with van der Waals surface area (Å²) in [6.45, 7) is 2.00. The number of hydrogen-bond acceptors (Lipinski definition) is 3. The van der Waals surface area contributed by atoms with Crippen molar-refractivity contribution in [1.82, 2.24) is 10.2 Å². The zero-order valence-corrected chi connectivity index (χ0v) is 11.1. The molecule has 1 atom stereocenters. The number of amides is 1. The molecule has 1 aliphatic rings. The molecule has 102 valence electrons. The standard InChI is InChI=1S/C13H22N2O3/c1-3-6-11(13(17)18)14-9-12(16)15(2)10-7-4-5-8-10/h7,11,14H,3-6,8-9H2,1-2H3,(H,17,18). The highest BCUT2D eigenvalue weighted by Gasteiger charge is 2.20. The fourth-order valence-electron chi connectivity index (χ4n) is 2.05. The second-order valence-corrected chi connectivity index (χ2v) is 4.60. The Bertz CT molecular complexity index is 339. The Labute approximate surface area is 108 Å². The molecule has 0 saturated heterocycles. The minimum Gasteiger partial charge on any atom is -0.480 e. The zero-order valence-electron chi connectivity index (χ0n) is 11.1. The summed E-state index contributed by atoms with van der Waals surface area (Å²) in [5.74, 6) is -0.974.